The van der Waals surface area contributed by atoms with Gasteiger partial charge < -0.3 is 14.8 Å². The molecule has 0 aliphatic carbocycles. The number of nitrogens with zero attached hydrogens (tertiary/aromatic N) is 1. The van der Waals surface area contributed by atoms with Crippen LogP contribution in [0.4, 0.5) is 0 Å². The molecule has 3 aliphatic rings. The minimum Gasteiger partial charge on any atom is -0.454 e. The van der Waals surface area contributed by atoms with Crippen molar-refractivity contribution < 1.29 is 14.3 Å². The Morgan fingerprint density at radius 2 is 2.08 bits per heavy atom. The lowest BCUT2D eigenvalue weighted by molar-refractivity contribution is -0.116. The number of carbonyl (C=O) groups is 1. The molecule has 0 radical (unpaired) electrons. The summed E-state index contributed by atoms with van der Waals surface area (Å²) in [5.74, 6) is 4.68. The Labute approximate surface area is 159 Å². The highest BCUT2D eigenvalue weighted by atomic mass is 32.2. The molecule has 2 saturated heterocycles. The van der Waals surface area contributed by atoms with Gasteiger partial charge in [0, 0.05) is 24.4 Å². The number of piperidine rings is 1. The molecule has 3 aliphatic heterocycles. The topological polar surface area (TPSA) is 50.8 Å². The van der Waals surface area contributed by atoms with Crippen LogP contribution in [0.5, 0.6) is 11.5 Å². The lowest BCUT2D eigenvalue weighted by Crippen LogP contribution is -2.43. The molecule has 0 spiro atoms. The van der Waals surface area contributed by atoms with Crippen molar-refractivity contribution in [1.82, 2.24) is 10.2 Å². The third kappa shape index (κ3) is 4.35. The van der Waals surface area contributed by atoms with Crippen LogP contribution in [-0.4, -0.2) is 54.8 Å². The van der Waals surface area contributed by atoms with Gasteiger partial charge in [0.2, 0.25) is 12.7 Å². The maximum Gasteiger partial charge on any atom is 0.244 e. The van der Waals surface area contributed by atoms with Crippen molar-refractivity contribution in [3.63, 3.8) is 0 Å². The normalized spacial score (nSPS) is 23.6. The maximum absolute atomic E-state index is 12.1. The predicted molar refractivity (Wildman–Crippen MR) is 105 cm³/mol. The molecule has 140 valence electrons. The number of ether oxygens (including phenoxy) is 2. The highest BCUT2D eigenvalue weighted by molar-refractivity contribution is 7.99. The zero-order valence-electron chi connectivity index (χ0n) is 15.0. The molecule has 1 aromatic rings. The summed E-state index contributed by atoms with van der Waals surface area (Å²) >= 11 is 2.08. The van der Waals surface area contributed by atoms with Crippen LogP contribution in [0.15, 0.2) is 24.3 Å². The SMILES string of the molecule is O=C(/C=C/c1ccc2c(c1)OCO2)NCC1CCN([C@H]2CCSC2)CC1. The number of fused-ring (bicyclic) bond motifs is 1. The zero-order valence-corrected chi connectivity index (χ0v) is 15.8. The number of thioether (sulfide) groups is 1. The minimum absolute atomic E-state index is 0.0303. The molecule has 4 rings (SSSR count). The fourth-order valence-corrected chi connectivity index (χ4v) is 5.08. The number of carbonyl (C=O) groups excluding carboxylic acids is 1. The predicted octanol–water partition coefficient (Wildman–Crippen LogP) is 2.76. The summed E-state index contributed by atoms with van der Waals surface area (Å²) in [5.41, 5.74) is 0.937. The van der Waals surface area contributed by atoms with Crippen LogP contribution in [0.1, 0.15) is 24.8 Å². The van der Waals surface area contributed by atoms with Gasteiger partial charge in [-0.25, -0.2) is 0 Å². The van der Waals surface area contributed by atoms with Gasteiger partial charge >= 0.3 is 0 Å². The van der Waals surface area contributed by atoms with Crippen molar-refractivity contribution in [2.75, 3.05) is 37.9 Å². The number of likely N-dealkylation sites (tertiary alicyclic amines) is 1. The van der Waals surface area contributed by atoms with E-state index in [2.05, 4.69) is 22.0 Å². The molecule has 0 aromatic heterocycles. The van der Waals surface area contributed by atoms with Gasteiger partial charge in [0.25, 0.3) is 0 Å². The van der Waals surface area contributed by atoms with Gasteiger partial charge in [-0.15, -0.1) is 0 Å². The zero-order chi connectivity index (χ0) is 17.8. The maximum atomic E-state index is 12.1. The third-order valence-corrected chi connectivity index (χ3v) is 6.60. The molecule has 3 heterocycles. The average Bonchev–Trinajstić information content (AvgIpc) is 3.36. The first-order valence-electron chi connectivity index (χ1n) is 9.45. The number of benzene rings is 1. The molecule has 0 unspecified atom stereocenters. The van der Waals surface area contributed by atoms with Crippen molar-refractivity contribution >= 4 is 23.7 Å². The molecule has 1 aromatic carbocycles. The van der Waals surface area contributed by atoms with Crippen LogP contribution in [0.25, 0.3) is 6.08 Å². The number of amides is 1. The minimum atomic E-state index is -0.0303. The summed E-state index contributed by atoms with van der Waals surface area (Å²) in [6, 6.07) is 6.48. The number of rotatable bonds is 5. The molecule has 0 bridgehead atoms. The van der Waals surface area contributed by atoms with Gasteiger partial charge in [-0.1, -0.05) is 6.07 Å². The summed E-state index contributed by atoms with van der Waals surface area (Å²) in [4.78, 5) is 14.7. The highest BCUT2D eigenvalue weighted by Crippen LogP contribution is 2.32. The quantitative estimate of drug-likeness (QED) is 0.803. The van der Waals surface area contributed by atoms with E-state index in [0.717, 1.165) is 29.6 Å². The van der Waals surface area contributed by atoms with Crippen molar-refractivity contribution in [1.29, 1.82) is 0 Å². The van der Waals surface area contributed by atoms with Crippen LogP contribution in [0.2, 0.25) is 0 Å². The number of hydrogen-bond donors (Lipinski definition) is 1. The van der Waals surface area contributed by atoms with Crippen LogP contribution >= 0.6 is 11.8 Å². The van der Waals surface area contributed by atoms with E-state index in [4.69, 9.17) is 9.47 Å². The smallest absolute Gasteiger partial charge is 0.244 e. The Morgan fingerprint density at radius 3 is 2.88 bits per heavy atom. The second-order valence-electron chi connectivity index (χ2n) is 7.19. The molecule has 5 nitrogen and oxygen atoms in total. The summed E-state index contributed by atoms with van der Waals surface area (Å²) in [7, 11) is 0. The van der Waals surface area contributed by atoms with Crippen LogP contribution < -0.4 is 14.8 Å². The van der Waals surface area contributed by atoms with Gasteiger partial charge in [-0.2, -0.15) is 11.8 Å². The Morgan fingerprint density at radius 1 is 1.23 bits per heavy atom. The van der Waals surface area contributed by atoms with E-state index in [1.807, 2.05) is 24.3 Å². The van der Waals surface area contributed by atoms with Crippen LogP contribution in [0.3, 0.4) is 0 Å². The molecule has 1 amide bonds. The second-order valence-corrected chi connectivity index (χ2v) is 8.34. The first-order valence-corrected chi connectivity index (χ1v) is 10.6. The molecule has 26 heavy (non-hydrogen) atoms. The van der Waals surface area contributed by atoms with E-state index in [9.17, 15) is 4.79 Å². The standard InChI is InChI=1S/C20H26N2O3S/c23-20(4-2-15-1-3-18-19(11-15)25-14-24-18)21-12-16-5-8-22(9-6-16)17-7-10-26-13-17/h1-4,11,16-17H,5-10,12-14H2,(H,21,23)/b4-2+/t17-/m0/s1. The Kier molecular flexibility index (Phi) is 5.70. The van der Waals surface area contributed by atoms with E-state index in [1.165, 1.54) is 43.9 Å². The van der Waals surface area contributed by atoms with Crippen molar-refractivity contribution in [2.45, 2.75) is 25.3 Å². The van der Waals surface area contributed by atoms with Gasteiger partial charge in [0.15, 0.2) is 11.5 Å². The molecule has 1 atom stereocenters. The van der Waals surface area contributed by atoms with E-state index < -0.39 is 0 Å². The molecule has 2 fully saturated rings. The van der Waals surface area contributed by atoms with Gasteiger partial charge in [0.1, 0.15) is 0 Å². The van der Waals surface area contributed by atoms with Gasteiger partial charge in [-0.05, 0) is 67.8 Å². The van der Waals surface area contributed by atoms with E-state index in [1.54, 1.807) is 6.08 Å². The van der Waals surface area contributed by atoms with Gasteiger partial charge in [-0.3, -0.25) is 9.69 Å². The van der Waals surface area contributed by atoms with Crippen molar-refractivity contribution in [3.8, 4) is 11.5 Å². The molecular formula is C20H26N2O3S. The average molecular weight is 375 g/mol. The molecule has 6 heteroatoms. The summed E-state index contributed by atoms with van der Waals surface area (Å²) < 4.78 is 10.7. The van der Waals surface area contributed by atoms with Crippen molar-refractivity contribution in [2.24, 2.45) is 5.92 Å². The number of nitrogens with one attached hydrogen (secondary N) is 1. The van der Waals surface area contributed by atoms with Gasteiger partial charge in [0.05, 0.1) is 0 Å². The monoisotopic (exact) mass is 374 g/mol. The Hall–Kier alpha value is -1.66. The third-order valence-electron chi connectivity index (χ3n) is 5.46. The Balaban J connectivity index is 1.19. The lowest BCUT2D eigenvalue weighted by Gasteiger charge is -2.35. The molecule has 1 N–H and O–H groups in total. The molecular weight excluding hydrogens is 348 g/mol. The molecule has 0 saturated carbocycles. The van der Waals surface area contributed by atoms with Crippen LogP contribution in [-0.2, 0) is 4.79 Å². The summed E-state index contributed by atoms with van der Waals surface area (Å²) in [5, 5.41) is 3.06. The summed E-state index contributed by atoms with van der Waals surface area (Å²) in [6.07, 6.45) is 7.14. The van der Waals surface area contributed by atoms with E-state index >= 15 is 0 Å². The largest absolute Gasteiger partial charge is 0.454 e. The van der Waals surface area contributed by atoms with E-state index in [0.29, 0.717) is 5.92 Å². The summed E-state index contributed by atoms with van der Waals surface area (Å²) in [6.45, 7) is 3.40. The van der Waals surface area contributed by atoms with Crippen LogP contribution in [0, 0.1) is 5.92 Å². The fraction of sp³-hybridized carbons (Fsp3) is 0.550. The first-order chi connectivity index (χ1) is 12.8. The van der Waals surface area contributed by atoms with E-state index in [-0.39, 0.29) is 12.7 Å². The Bertz CT molecular complexity index is 665. The van der Waals surface area contributed by atoms with Crippen molar-refractivity contribution in [3.05, 3.63) is 29.8 Å². The highest BCUT2D eigenvalue weighted by Gasteiger charge is 2.27. The lowest BCUT2D eigenvalue weighted by atomic mass is 9.95. The second kappa shape index (κ2) is 8.35. The fourth-order valence-electron chi connectivity index (χ4n) is 3.82. The first kappa shape index (κ1) is 17.7. The number of hydrogen-bond acceptors (Lipinski definition) is 5.